The molecule has 26 heavy (non-hydrogen) atoms. The van der Waals surface area contributed by atoms with E-state index in [1.807, 2.05) is 4.90 Å². The molecule has 0 atom stereocenters. The number of fused-ring (bicyclic) bond motifs is 1. The van der Waals surface area contributed by atoms with Crippen LogP contribution < -0.4 is 4.90 Å². The minimum absolute atomic E-state index is 0. The van der Waals surface area contributed by atoms with E-state index in [4.69, 9.17) is 5.11 Å². The monoisotopic (exact) mass is 376 g/mol. The first-order valence-corrected chi connectivity index (χ1v) is 8.41. The molecular formula is C17H27F3N4O2. The highest BCUT2D eigenvalue weighted by Crippen LogP contribution is 2.31. The van der Waals surface area contributed by atoms with Crippen LogP contribution in [0.1, 0.15) is 34.2 Å². The van der Waals surface area contributed by atoms with Gasteiger partial charge in [0.05, 0.1) is 22.2 Å². The summed E-state index contributed by atoms with van der Waals surface area (Å²) in [5.74, 6) is 0.541. The lowest BCUT2D eigenvalue weighted by Crippen LogP contribution is -2.29. The normalized spacial score (nSPS) is 17.0. The van der Waals surface area contributed by atoms with Gasteiger partial charge < -0.3 is 20.2 Å². The lowest BCUT2D eigenvalue weighted by molar-refractivity contribution is -0.137. The third-order valence-electron chi connectivity index (χ3n) is 3.57. The number of hydrogen-bond donors (Lipinski definition) is 3. The summed E-state index contributed by atoms with van der Waals surface area (Å²) in [6, 6.07) is 3.47. The maximum Gasteiger partial charge on any atom is 0.416 e. The molecular weight excluding hydrogens is 349 g/mol. The second-order valence-corrected chi connectivity index (χ2v) is 7.26. The fraction of sp³-hybridized carbons (Fsp3) is 0.588. The van der Waals surface area contributed by atoms with E-state index in [1.54, 1.807) is 20.8 Å². The van der Waals surface area contributed by atoms with Gasteiger partial charge in [0.15, 0.2) is 0 Å². The van der Waals surface area contributed by atoms with Crippen LogP contribution in [-0.4, -0.2) is 57.1 Å². The Kier molecular flexibility index (Phi) is 6.15. The van der Waals surface area contributed by atoms with Crippen LogP contribution in [0.2, 0.25) is 0 Å². The van der Waals surface area contributed by atoms with Gasteiger partial charge in [0, 0.05) is 27.6 Å². The molecule has 3 rings (SSSR count). The van der Waals surface area contributed by atoms with Crippen molar-refractivity contribution in [3.8, 4) is 0 Å². The van der Waals surface area contributed by atoms with Crippen LogP contribution >= 0.6 is 0 Å². The Morgan fingerprint density at radius 3 is 2.38 bits per heavy atom. The fourth-order valence-electron chi connectivity index (χ4n) is 2.44. The van der Waals surface area contributed by atoms with E-state index in [2.05, 4.69) is 9.97 Å². The van der Waals surface area contributed by atoms with E-state index in [9.17, 15) is 18.4 Å². The fourth-order valence-corrected chi connectivity index (χ4v) is 2.44. The lowest BCUT2D eigenvalue weighted by atomic mass is 10.2. The first-order chi connectivity index (χ1) is 11.9. The number of alkyl halides is 3. The van der Waals surface area contributed by atoms with Crippen molar-refractivity contribution in [1.82, 2.24) is 15.0 Å². The topological polar surface area (TPSA) is 75.6 Å². The molecule has 2 aromatic rings. The number of halogens is 3. The summed E-state index contributed by atoms with van der Waals surface area (Å²) in [6.45, 7) is 7.55. The Labute approximate surface area is 151 Å². The van der Waals surface area contributed by atoms with Gasteiger partial charge in [0.2, 0.25) is 5.95 Å². The zero-order chi connectivity index (χ0) is 19.5. The zero-order valence-electron chi connectivity index (χ0n) is 15.1. The maximum absolute atomic E-state index is 12.7. The summed E-state index contributed by atoms with van der Waals surface area (Å²) in [5, 5.41) is 19.2. The van der Waals surface area contributed by atoms with Crippen molar-refractivity contribution < 1.29 is 24.9 Å². The third-order valence-corrected chi connectivity index (χ3v) is 3.57. The van der Waals surface area contributed by atoms with E-state index in [-0.39, 0.29) is 1.43 Å². The van der Waals surface area contributed by atoms with Crippen molar-refractivity contribution in [2.75, 3.05) is 31.1 Å². The summed E-state index contributed by atoms with van der Waals surface area (Å²) < 4.78 is 38.1. The van der Waals surface area contributed by atoms with Crippen LogP contribution in [0.5, 0.6) is 0 Å². The molecule has 1 aromatic heterocycles. The summed E-state index contributed by atoms with van der Waals surface area (Å²) in [7, 11) is 0. The van der Waals surface area contributed by atoms with Gasteiger partial charge in [-0.05, 0) is 45.4 Å². The highest BCUT2D eigenvalue weighted by Gasteiger charge is 2.30. The zero-order valence-corrected chi connectivity index (χ0v) is 15.1. The average molecular weight is 376 g/mol. The lowest BCUT2D eigenvalue weighted by Gasteiger charge is -2.18. The predicted octanol–water partition coefficient (Wildman–Crippen LogP) is 3.51. The number of hydrogen-bond acceptors (Lipinski definition) is 5. The number of benzene rings is 1. The Balaban J connectivity index is 0.000000542. The molecule has 1 aliphatic heterocycles. The molecule has 0 amide bonds. The molecule has 0 spiro atoms. The summed E-state index contributed by atoms with van der Waals surface area (Å²) in [5.41, 5.74) is -0.323. The van der Waals surface area contributed by atoms with Gasteiger partial charge in [0.25, 0.3) is 0 Å². The first kappa shape index (κ1) is 20.5. The molecule has 2 heterocycles. The van der Waals surface area contributed by atoms with Crippen LogP contribution in [0.15, 0.2) is 18.2 Å². The van der Waals surface area contributed by atoms with Crippen molar-refractivity contribution in [3.05, 3.63) is 23.8 Å². The van der Waals surface area contributed by atoms with Gasteiger partial charge in [-0.25, -0.2) is 4.98 Å². The third kappa shape index (κ3) is 6.15. The van der Waals surface area contributed by atoms with Gasteiger partial charge in [-0.15, -0.1) is 0 Å². The van der Waals surface area contributed by atoms with Crippen molar-refractivity contribution in [1.29, 1.82) is 0 Å². The molecule has 0 unspecified atom stereocenters. The number of hydroxylamine groups is 2. The standard InChI is InChI=1S/C13H15F3N4O.C4H10O.H2/c14-13(15,16)9-2-3-10-11(8-9)18-12(17-10)19-4-1-5-20(21)7-6-19;1-4(2,3)5;/h2-3,8,21H,1,4-7H2,(H,17,18);5H,1-3H3;1H. The minimum Gasteiger partial charge on any atom is -0.391 e. The van der Waals surface area contributed by atoms with Gasteiger partial charge in [-0.3, -0.25) is 0 Å². The van der Waals surface area contributed by atoms with Crippen LogP contribution in [-0.2, 0) is 6.18 Å². The highest BCUT2D eigenvalue weighted by molar-refractivity contribution is 5.78. The van der Waals surface area contributed by atoms with Gasteiger partial charge in [0.1, 0.15) is 0 Å². The number of aromatic amines is 1. The SMILES string of the molecule is CC(C)(C)O.ON1CCCN(c2nc3ccc(C(F)(F)F)cc3[nH]2)CC1.[HH]. The number of H-pyrrole nitrogens is 1. The number of nitrogens with zero attached hydrogens (tertiary/aromatic N) is 3. The predicted molar refractivity (Wildman–Crippen MR) is 95.4 cm³/mol. The van der Waals surface area contributed by atoms with Crippen molar-refractivity contribution in [3.63, 3.8) is 0 Å². The molecule has 0 aliphatic carbocycles. The van der Waals surface area contributed by atoms with Gasteiger partial charge in [-0.1, -0.05) is 0 Å². The summed E-state index contributed by atoms with van der Waals surface area (Å²) in [6.07, 6.45) is -3.60. The Morgan fingerprint density at radius 2 is 1.77 bits per heavy atom. The van der Waals surface area contributed by atoms with Crippen molar-refractivity contribution >= 4 is 17.0 Å². The average Bonchev–Trinajstić information content (AvgIpc) is 2.79. The van der Waals surface area contributed by atoms with Gasteiger partial charge >= 0.3 is 6.18 Å². The van der Waals surface area contributed by atoms with Crippen LogP contribution in [0.25, 0.3) is 11.0 Å². The summed E-state index contributed by atoms with van der Waals surface area (Å²) >= 11 is 0. The molecule has 1 aliphatic rings. The molecule has 1 aromatic carbocycles. The van der Waals surface area contributed by atoms with E-state index in [0.717, 1.165) is 18.6 Å². The molecule has 0 radical (unpaired) electrons. The molecule has 148 valence electrons. The Morgan fingerprint density at radius 1 is 1.12 bits per heavy atom. The quantitative estimate of drug-likeness (QED) is 0.710. The second-order valence-electron chi connectivity index (χ2n) is 7.26. The largest absolute Gasteiger partial charge is 0.416 e. The Hall–Kier alpha value is -1.84. The van der Waals surface area contributed by atoms with Crippen LogP contribution in [0.3, 0.4) is 0 Å². The number of aliphatic hydroxyl groups is 1. The van der Waals surface area contributed by atoms with E-state index < -0.39 is 17.3 Å². The number of anilines is 1. The van der Waals surface area contributed by atoms with Gasteiger partial charge in [-0.2, -0.15) is 18.2 Å². The van der Waals surface area contributed by atoms with E-state index in [1.165, 1.54) is 11.1 Å². The first-order valence-electron chi connectivity index (χ1n) is 8.41. The number of aromatic nitrogens is 2. The van der Waals surface area contributed by atoms with E-state index in [0.29, 0.717) is 43.2 Å². The second kappa shape index (κ2) is 7.81. The molecule has 0 bridgehead atoms. The molecule has 0 saturated carbocycles. The van der Waals surface area contributed by atoms with E-state index >= 15 is 0 Å². The summed E-state index contributed by atoms with van der Waals surface area (Å²) in [4.78, 5) is 9.20. The molecule has 3 N–H and O–H groups in total. The molecule has 1 fully saturated rings. The maximum atomic E-state index is 12.7. The van der Waals surface area contributed by atoms with Crippen LogP contribution in [0, 0.1) is 0 Å². The smallest absolute Gasteiger partial charge is 0.391 e. The van der Waals surface area contributed by atoms with Crippen LogP contribution in [0.4, 0.5) is 19.1 Å². The number of nitrogens with one attached hydrogen (secondary N) is 1. The van der Waals surface area contributed by atoms with Crippen molar-refractivity contribution in [2.45, 2.75) is 39.0 Å². The molecule has 1 saturated heterocycles. The molecule has 6 nitrogen and oxygen atoms in total. The molecule has 9 heteroatoms. The number of imidazole rings is 1. The van der Waals surface area contributed by atoms with Crippen molar-refractivity contribution in [2.24, 2.45) is 0 Å². The highest BCUT2D eigenvalue weighted by atomic mass is 19.4. The number of rotatable bonds is 1. The Bertz CT molecular complexity index is 725. The minimum atomic E-state index is -4.36.